The van der Waals surface area contributed by atoms with Crippen LogP contribution in [0.4, 0.5) is 4.39 Å². The second-order valence-corrected chi connectivity index (χ2v) is 9.72. The molecule has 1 aromatic heterocycles. The lowest BCUT2D eigenvalue weighted by Gasteiger charge is -2.19. The minimum Gasteiger partial charge on any atom is -0.406 e. The highest BCUT2D eigenvalue weighted by atomic mass is 35.5. The van der Waals surface area contributed by atoms with Crippen LogP contribution in [-0.2, 0) is 0 Å². The molecular weight excluding hydrogens is 518 g/mol. The van der Waals surface area contributed by atoms with E-state index in [0.717, 1.165) is 27.3 Å². The van der Waals surface area contributed by atoms with Crippen LogP contribution in [0.5, 0.6) is 0 Å². The normalized spacial score (nSPS) is 12.1. The van der Waals surface area contributed by atoms with Crippen LogP contribution >= 0.6 is 35.1 Å². The quantitative estimate of drug-likeness (QED) is 0.116. The number of nitrogens with zero attached hydrogens (tertiary/aromatic N) is 1. The predicted molar refractivity (Wildman–Crippen MR) is 152 cm³/mol. The van der Waals surface area contributed by atoms with E-state index in [0.29, 0.717) is 17.1 Å². The van der Waals surface area contributed by atoms with Crippen LogP contribution in [0.3, 0.4) is 0 Å². The van der Waals surface area contributed by atoms with Crippen LogP contribution in [0.25, 0.3) is 11.6 Å². The zero-order valence-corrected chi connectivity index (χ0v) is 23.4. The largest absolute Gasteiger partial charge is 0.406 e. The molecule has 0 spiro atoms. The van der Waals surface area contributed by atoms with E-state index in [9.17, 15) is 4.39 Å². The van der Waals surface area contributed by atoms with Crippen molar-refractivity contribution >= 4 is 46.8 Å². The number of rotatable bonds is 10. The summed E-state index contributed by atoms with van der Waals surface area (Å²) in [6.07, 6.45) is 6.23. The summed E-state index contributed by atoms with van der Waals surface area (Å²) in [7, 11) is 0. The average molecular weight is 552 g/mol. The van der Waals surface area contributed by atoms with Crippen LogP contribution in [0.2, 0.25) is 10.0 Å². The van der Waals surface area contributed by atoms with Crippen molar-refractivity contribution in [3.8, 4) is 0 Å². The summed E-state index contributed by atoms with van der Waals surface area (Å²) in [5.41, 5.74) is 4.12. The van der Waals surface area contributed by atoms with E-state index in [2.05, 4.69) is 25.1 Å². The zero-order chi connectivity index (χ0) is 26.7. The van der Waals surface area contributed by atoms with Gasteiger partial charge in [0.1, 0.15) is 5.82 Å². The van der Waals surface area contributed by atoms with Gasteiger partial charge in [-0.2, -0.15) is 4.73 Å². The first-order chi connectivity index (χ1) is 17.3. The summed E-state index contributed by atoms with van der Waals surface area (Å²) < 4.78 is 18.7. The van der Waals surface area contributed by atoms with Crippen LogP contribution in [0, 0.1) is 12.7 Å². The Labute approximate surface area is 227 Å². The van der Waals surface area contributed by atoms with Crippen LogP contribution in [0.15, 0.2) is 66.2 Å². The van der Waals surface area contributed by atoms with Crippen molar-refractivity contribution in [2.75, 3.05) is 13.2 Å². The molecule has 1 unspecified atom stereocenters. The topological polar surface area (TPSA) is 46.4 Å². The fourth-order valence-corrected chi connectivity index (χ4v) is 4.54. The van der Waals surface area contributed by atoms with Gasteiger partial charge in [0.25, 0.3) is 0 Å². The molecule has 1 heterocycles. The maximum absolute atomic E-state index is 14.0. The number of halogens is 3. The molecule has 4 nitrogen and oxygen atoms in total. The molecule has 8 heteroatoms. The van der Waals surface area contributed by atoms with Crippen molar-refractivity contribution in [2.24, 2.45) is 0 Å². The Morgan fingerprint density at radius 3 is 2.47 bits per heavy atom. The van der Waals surface area contributed by atoms with E-state index in [1.165, 1.54) is 30.5 Å². The SMILES string of the molecule is C=C/C(=C\c1c(C)ccn1OC(C)c1c(Cl)ccc(F)c1Cl)c1ccc(SNCCO)cc1.CCC. The number of aliphatic hydroxyl groups excluding tert-OH is 1. The van der Waals surface area contributed by atoms with Crippen molar-refractivity contribution in [3.63, 3.8) is 0 Å². The molecular formula is C28H33Cl2FN2O2S. The lowest BCUT2D eigenvalue weighted by Crippen LogP contribution is -2.17. The van der Waals surface area contributed by atoms with Gasteiger partial charge in [-0.05, 0) is 78.9 Å². The number of hydrogen-bond donors (Lipinski definition) is 2. The second kappa shape index (κ2) is 15.1. The molecule has 0 amide bonds. The monoisotopic (exact) mass is 550 g/mol. The molecule has 194 valence electrons. The summed E-state index contributed by atoms with van der Waals surface area (Å²) in [5.74, 6) is -0.544. The van der Waals surface area contributed by atoms with E-state index in [-0.39, 0.29) is 11.6 Å². The molecule has 0 aliphatic heterocycles. The first-order valence-electron chi connectivity index (χ1n) is 11.7. The lowest BCUT2D eigenvalue weighted by molar-refractivity contribution is 0.0470. The third-order valence-corrected chi connectivity index (χ3v) is 6.53. The molecule has 0 bridgehead atoms. The molecule has 3 aromatic rings. The van der Waals surface area contributed by atoms with Crippen molar-refractivity contribution in [2.45, 2.75) is 45.1 Å². The summed E-state index contributed by atoms with van der Waals surface area (Å²) in [4.78, 5) is 7.13. The molecule has 3 rings (SSSR count). The molecule has 1 atom stereocenters. The van der Waals surface area contributed by atoms with Gasteiger partial charge in [-0.3, -0.25) is 4.72 Å². The Balaban J connectivity index is 0.00000145. The fraction of sp³-hybridized carbons (Fsp3) is 0.286. The van der Waals surface area contributed by atoms with Gasteiger partial charge in [0.15, 0.2) is 6.10 Å². The van der Waals surface area contributed by atoms with Gasteiger partial charge in [0, 0.05) is 28.2 Å². The number of aromatic nitrogens is 1. The van der Waals surface area contributed by atoms with Gasteiger partial charge in [0.2, 0.25) is 0 Å². The third kappa shape index (κ3) is 8.15. The molecule has 2 N–H and O–H groups in total. The number of aryl methyl sites for hydroxylation is 1. The summed E-state index contributed by atoms with van der Waals surface area (Å²) >= 11 is 13.9. The molecule has 0 fully saturated rings. The number of benzene rings is 2. The van der Waals surface area contributed by atoms with E-state index >= 15 is 0 Å². The number of hydrogen-bond acceptors (Lipinski definition) is 4. The fourth-order valence-electron chi connectivity index (χ4n) is 3.23. The standard InChI is InChI=1S/C25H25Cl2FN2O2S.C3H8/c1-4-18(19-5-7-20(8-6-19)33-29-12-14-31)15-23-16(2)11-13-30(23)32-17(3)24-21(26)9-10-22(28)25(24)27;1-3-2/h4-11,13,15,17,29,31H,1,12,14H2,2-3H3;3H2,1-2H3/b18-15+;. The Morgan fingerprint density at radius 1 is 1.19 bits per heavy atom. The molecule has 2 aromatic carbocycles. The van der Waals surface area contributed by atoms with Crippen molar-refractivity contribution in [1.29, 1.82) is 0 Å². The van der Waals surface area contributed by atoms with Crippen molar-refractivity contribution in [1.82, 2.24) is 9.45 Å². The zero-order valence-electron chi connectivity index (χ0n) is 21.0. The van der Waals surface area contributed by atoms with E-state index < -0.39 is 11.9 Å². The average Bonchev–Trinajstić information content (AvgIpc) is 3.20. The molecule has 0 saturated carbocycles. The highest BCUT2D eigenvalue weighted by molar-refractivity contribution is 7.97. The summed E-state index contributed by atoms with van der Waals surface area (Å²) in [6.45, 7) is 12.6. The number of nitrogens with one attached hydrogen (secondary N) is 1. The van der Waals surface area contributed by atoms with Gasteiger partial charge in [0.05, 0.1) is 17.3 Å². The maximum Gasteiger partial charge on any atom is 0.150 e. The van der Waals surface area contributed by atoms with Crippen LogP contribution in [-0.4, -0.2) is 23.0 Å². The maximum atomic E-state index is 14.0. The van der Waals surface area contributed by atoms with Gasteiger partial charge >= 0.3 is 0 Å². The minimum absolute atomic E-state index is 0.0470. The third-order valence-electron chi connectivity index (χ3n) is 4.96. The Bertz CT molecular complexity index is 1160. The van der Waals surface area contributed by atoms with Gasteiger partial charge in [-0.15, -0.1) is 0 Å². The molecule has 36 heavy (non-hydrogen) atoms. The van der Waals surface area contributed by atoms with Gasteiger partial charge in [-0.25, -0.2) is 4.39 Å². The Hall–Kier alpha value is -2.22. The van der Waals surface area contributed by atoms with Crippen LogP contribution < -0.4 is 9.56 Å². The van der Waals surface area contributed by atoms with Crippen molar-refractivity contribution < 1.29 is 14.3 Å². The predicted octanol–water partition coefficient (Wildman–Crippen LogP) is 8.16. The first-order valence-corrected chi connectivity index (χ1v) is 13.3. The van der Waals surface area contributed by atoms with E-state index in [1.54, 1.807) is 23.9 Å². The Morgan fingerprint density at radius 2 is 1.86 bits per heavy atom. The first kappa shape index (κ1) is 30.0. The summed E-state index contributed by atoms with van der Waals surface area (Å²) in [6, 6.07) is 12.7. The highest BCUT2D eigenvalue weighted by Gasteiger charge is 2.20. The van der Waals surface area contributed by atoms with Crippen molar-refractivity contribution in [3.05, 3.63) is 99.6 Å². The lowest BCUT2D eigenvalue weighted by atomic mass is 10.0. The number of aliphatic hydroxyl groups is 1. The molecule has 0 aliphatic carbocycles. The van der Waals surface area contributed by atoms with Gasteiger partial charge < -0.3 is 9.94 Å². The molecule has 0 aliphatic rings. The van der Waals surface area contributed by atoms with Gasteiger partial charge in [-0.1, -0.05) is 68.3 Å². The second-order valence-electron chi connectivity index (χ2n) is 7.97. The van der Waals surface area contributed by atoms with E-state index in [1.807, 2.05) is 43.3 Å². The molecule has 0 saturated heterocycles. The smallest absolute Gasteiger partial charge is 0.150 e. The number of allylic oxidation sites excluding steroid dienone is 2. The highest BCUT2D eigenvalue weighted by Crippen LogP contribution is 2.33. The van der Waals surface area contributed by atoms with Crippen LogP contribution in [0.1, 0.15) is 55.7 Å². The summed E-state index contributed by atoms with van der Waals surface area (Å²) in [5, 5.41) is 9.18. The Kier molecular flexibility index (Phi) is 12.6. The molecule has 0 radical (unpaired) electrons. The minimum atomic E-state index is -0.588. The van der Waals surface area contributed by atoms with E-state index in [4.69, 9.17) is 33.1 Å².